The van der Waals surface area contributed by atoms with Gasteiger partial charge in [-0.15, -0.1) is 0 Å². The summed E-state index contributed by atoms with van der Waals surface area (Å²) in [5.74, 6) is 2.72. The van der Waals surface area contributed by atoms with Crippen LogP contribution in [0.5, 0.6) is 0 Å². The smallest absolute Gasteiger partial charge is 0.0433 e. The van der Waals surface area contributed by atoms with Gasteiger partial charge in [0.2, 0.25) is 0 Å². The molecule has 12 heavy (non-hydrogen) atoms. The highest BCUT2D eigenvalue weighted by molar-refractivity contribution is 4.98. The molecule has 0 aromatic carbocycles. The van der Waals surface area contributed by atoms with Gasteiger partial charge < -0.3 is 5.11 Å². The third kappa shape index (κ3) is 1.56. The third-order valence-corrected chi connectivity index (χ3v) is 3.52. The zero-order valence-corrected chi connectivity index (χ0v) is 7.58. The molecule has 0 amide bonds. The highest BCUT2D eigenvalue weighted by Gasteiger charge is 2.33. The van der Waals surface area contributed by atoms with Crippen molar-refractivity contribution in [2.75, 3.05) is 6.61 Å². The molecule has 3 atom stereocenters. The number of hydrogen-bond acceptors (Lipinski definition) is 1. The molecule has 2 rings (SSSR count). The molecule has 1 unspecified atom stereocenters. The maximum Gasteiger partial charge on any atom is 0.0433 e. The molecule has 1 nitrogen and oxygen atoms in total. The molecule has 1 fully saturated rings. The summed E-state index contributed by atoms with van der Waals surface area (Å²) in [7, 11) is 0. The average Bonchev–Trinajstić information content (AvgIpc) is 2.47. The summed E-state index contributed by atoms with van der Waals surface area (Å²) >= 11 is 0. The van der Waals surface area contributed by atoms with E-state index in [4.69, 9.17) is 5.11 Å². The Morgan fingerprint density at radius 1 is 1.08 bits per heavy atom. The third-order valence-electron chi connectivity index (χ3n) is 3.52. The van der Waals surface area contributed by atoms with Crippen LogP contribution in [-0.4, -0.2) is 11.7 Å². The van der Waals surface area contributed by atoms with Gasteiger partial charge >= 0.3 is 0 Å². The van der Waals surface area contributed by atoms with Gasteiger partial charge in [-0.3, -0.25) is 0 Å². The van der Waals surface area contributed by atoms with Gasteiger partial charge in [-0.1, -0.05) is 12.2 Å². The maximum atomic E-state index is 8.84. The minimum absolute atomic E-state index is 0.386. The van der Waals surface area contributed by atoms with Crippen molar-refractivity contribution in [2.45, 2.75) is 32.1 Å². The van der Waals surface area contributed by atoms with E-state index in [0.29, 0.717) is 6.61 Å². The van der Waals surface area contributed by atoms with Crippen LogP contribution in [0.15, 0.2) is 12.2 Å². The van der Waals surface area contributed by atoms with E-state index in [1.54, 1.807) is 0 Å². The van der Waals surface area contributed by atoms with Gasteiger partial charge in [0.15, 0.2) is 0 Å². The minimum atomic E-state index is 0.386. The normalized spacial score (nSPS) is 39.9. The molecular formula is C11H18O. The monoisotopic (exact) mass is 166 g/mol. The van der Waals surface area contributed by atoms with Gasteiger partial charge in [0.1, 0.15) is 0 Å². The predicted molar refractivity (Wildman–Crippen MR) is 49.8 cm³/mol. The second-order valence-electron chi connectivity index (χ2n) is 4.31. The summed E-state index contributed by atoms with van der Waals surface area (Å²) in [6.07, 6.45) is 11.0. The van der Waals surface area contributed by atoms with Gasteiger partial charge in [0.25, 0.3) is 0 Å². The Morgan fingerprint density at radius 3 is 2.17 bits per heavy atom. The second-order valence-corrected chi connectivity index (χ2v) is 4.31. The van der Waals surface area contributed by atoms with Crippen LogP contribution in [0.3, 0.4) is 0 Å². The fourth-order valence-corrected chi connectivity index (χ4v) is 2.88. The van der Waals surface area contributed by atoms with Crippen LogP contribution in [0.2, 0.25) is 0 Å². The van der Waals surface area contributed by atoms with Crippen molar-refractivity contribution in [1.29, 1.82) is 0 Å². The lowest BCUT2D eigenvalue weighted by atomic mass is 9.86. The van der Waals surface area contributed by atoms with Crippen molar-refractivity contribution in [1.82, 2.24) is 0 Å². The van der Waals surface area contributed by atoms with E-state index in [2.05, 4.69) is 12.2 Å². The first-order valence-electron chi connectivity index (χ1n) is 5.16. The summed E-state index contributed by atoms with van der Waals surface area (Å²) in [6, 6.07) is 0. The molecule has 1 heteroatoms. The Bertz CT molecular complexity index is 158. The van der Waals surface area contributed by atoms with Crippen molar-refractivity contribution in [3.05, 3.63) is 12.2 Å². The Labute approximate surface area is 74.5 Å². The van der Waals surface area contributed by atoms with Gasteiger partial charge in [0.05, 0.1) is 0 Å². The van der Waals surface area contributed by atoms with E-state index in [0.717, 1.165) is 24.2 Å². The van der Waals surface area contributed by atoms with E-state index in [-0.39, 0.29) is 0 Å². The molecule has 0 aromatic rings. The quantitative estimate of drug-likeness (QED) is 0.624. The Hall–Kier alpha value is -0.300. The maximum absolute atomic E-state index is 8.84. The number of rotatable bonds is 2. The van der Waals surface area contributed by atoms with Crippen LogP contribution in [0, 0.1) is 17.8 Å². The van der Waals surface area contributed by atoms with E-state index in [9.17, 15) is 0 Å². The minimum Gasteiger partial charge on any atom is -0.396 e. The Morgan fingerprint density at radius 2 is 1.67 bits per heavy atom. The molecule has 0 bridgehead atoms. The molecule has 0 radical (unpaired) electrons. The topological polar surface area (TPSA) is 20.2 Å². The van der Waals surface area contributed by atoms with Crippen molar-refractivity contribution in [3.8, 4) is 0 Å². The number of fused-ring (bicyclic) bond motifs is 1. The Kier molecular flexibility index (Phi) is 2.50. The van der Waals surface area contributed by atoms with Gasteiger partial charge in [-0.2, -0.15) is 0 Å². The summed E-state index contributed by atoms with van der Waals surface area (Å²) in [5, 5.41) is 8.84. The molecule has 0 saturated heterocycles. The number of aliphatic hydroxyl groups is 1. The standard InChI is InChI=1S/C11H18O/c12-6-5-9-7-10-3-1-2-4-11(10)8-9/h1-2,9-12H,3-8H2/t9?,10-,11+. The lowest BCUT2D eigenvalue weighted by Gasteiger charge is -2.19. The fraction of sp³-hybridized carbons (Fsp3) is 0.818. The summed E-state index contributed by atoms with van der Waals surface area (Å²) < 4.78 is 0. The van der Waals surface area contributed by atoms with Crippen LogP contribution < -0.4 is 0 Å². The van der Waals surface area contributed by atoms with Crippen LogP contribution in [0.25, 0.3) is 0 Å². The van der Waals surface area contributed by atoms with Crippen molar-refractivity contribution in [3.63, 3.8) is 0 Å². The van der Waals surface area contributed by atoms with Crippen LogP contribution in [0.1, 0.15) is 32.1 Å². The molecule has 0 aromatic heterocycles. The molecule has 0 aliphatic heterocycles. The number of aliphatic hydroxyl groups excluding tert-OH is 1. The molecular weight excluding hydrogens is 148 g/mol. The van der Waals surface area contributed by atoms with Crippen molar-refractivity contribution < 1.29 is 5.11 Å². The van der Waals surface area contributed by atoms with Crippen molar-refractivity contribution >= 4 is 0 Å². The molecule has 1 saturated carbocycles. The first-order chi connectivity index (χ1) is 5.90. The van der Waals surface area contributed by atoms with E-state index in [1.807, 2.05) is 0 Å². The fourth-order valence-electron chi connectivity index (χ4n) is 2.88. The highest BCUT2D eigenvalue weighted by atomic mass is 16.3. The van der Waals surface area contributed by atoms with Crippen molar-refractivity contribution in [2.24, 2.45) is 17.8 Å². The molecule has 1 N–H and O–H groups in total. The summed E-state index contributed by atoms with van der Waals surface area (Å²) in [5.41, 5.74) is 0. The van der Waals surface area contributed by atoms with Crippen LogP contribution in [-0.2, 0) is 0 Å². The van der Waals surface area contributed by atoms with Gasteiger partial charge in [-0.05, 0) is 49.9 Å². The lowest BCUT2D eigenvalue weighted by Crippen LogP contribution is -2.08. The molecule has 0 spiro atoms. The predicted octanol–water partition coefficient (Wildman–Crippen LogP) is 2.36. The molecule has 68 valence electrons. The molecule has 2 aliphatic rings. The lowest BCUT2D eigenvalue weighted by molar-refractivity contribution is 0.255. The van der Waals surface area contributed by atoms with E-state index >= 15 is 0 Å². The SMILES string of the molecule is OCCC1C[C@H]2CC=CC[C@H]2C1. The first-order valence-corrected chi connectivity index (χ1v) is 5.16. The number of hydrogen-bond donors (Lipinski definition) is 1. The first kappa shape index (κ1) is 8.31. The van der Waals surface area contributed by atoms with E-state index < -0.39 is 0 Å². The second kappa shape index (κ2) is 3.61. The Balaban J connectivity index is 1.89. The summed E-state index contributed by atoms with van der Waals surface area (Å²) in [4.78, 5) is 0. The largest absolute Gasteiger partial charge is 0.396 e. The average molecular weight is 166 g/mol. The summed E-state index contributed by atoms with van der Waals surface area (Å²) in [6.45, 7) is 0.386. The molecule has 2 aliphatic carbocycles. The highest BCUT2D eigenvalue weighted by Crippen LogP contribution is 2.43. The molecule has 0 heterocycles. The number of allylic oxidation sites excluding steroid dienone is 2. The van der Waals surface area contributed by atoms with Crippen LogP contribution >= 0.6 is 0 Å². The van der Waals surface area contributed by atoms with Gasteiger partial charge in [-0.25, -0.2) is 0 Å². The van der Waals surface area contributed by atoms with E-state index in [1.165, 1.54) is 25.7 Å². The van der Waals surface area contributed by atoms with Crippen LogP contribution in [0.4, 0.5) is 0 Å². The van der Waals surface area contributed by atoms with Gasteiger partial charge in [0, 0.05) is 6.61 Å². The zero-order chi connectivity index (χ0) is 8.39. The zero-order valence-electron chi connectivity index (χ0n) is 7.58.